The highest BCUT2D eigenvalue weighted by Crippen LogP contribution is 2.34. The van der Waals surface area contributed by atoms with Crippen molar-refractivity contribution in [1.29, 1.82) is 0 Å². The molecule has 6 heteroatoms. The molecule has 32 heavy (non-hydrogen) atoms. The van der Waals surface area contributed by atoms with Crippen molar-refractivity contribution in [3.63, 3.8) is 0 Å². The van der Waals surface area contributed by atoms with Crippen molar-refractivity contribution in [2.75, 3.05) is 13.2 Å². The van der Waals surface area contributed by atoms with Crippen LogP contribution in [0.15, 0.2) is 60.7 Å². The summed E-state index contributed by atoms with van der Waals surface area (Å²) in [6.07, 6.45) is 0.808. The summed E-state index contributed by atoms with van der Waals surface area (Å²) in [5, 5.41) is 4.10. The molecule has 0 spiro atoms. The van der Waals surface area contributed by atoms with E-state index in [2.05, 4.69) is 40.4 Å². The Labute approximate surface area is 193 Å². The molecule has 0 unspecified atom stereocenters. The molecule has 3 aromatic carbocycles. The number of nitrogens with one attached hydrogen (secondary N) is 2. The summed E-state index contributed by atoms with van der Waals surface area (Å²) in [6, 6.07) is 20.1. The van der Waals surface area contributed by atoms with Crippen LogP contribution in [-0.2, 0) is 19.6 Å². The molecule has 0 saturated carbocycles. The van der Waals surface area contributed by atoms with Crippen molar-refractivity contribution in [2.24, 2.45) is 0 Å². The number of hydrogen-bond donors (Lipinski definition) is 2. The lowest BCUT2D eigenvalue weighted by Gasteiger charge is -2.15. The zero-order chi connectivity index (χ0) is 22.3. The van der Waals surface area contributed by atoms with E-state index in [1.807, 2.05) is 49.4 Å². The Balaban J connectivity index is 1.37. The lowest BCUT2D eigenvalue weighted by Crippen LogP contribution is -2.17. The first-order valence-corrected chi connectivity index (χ1v) is 11.3. The van der Waals surface area contributed by atoms with Crippen molar-refractivity contribution in [3.05, 3.63) is 88.2 Å². The van der Waals surface area contributed by atoms with E-state index < -0.39 is 0 Å². The number of ether oxygens (including phenoxy) is 2. The van der Waals surface area contributed by atoms with Crippen LogP contribution in [0.3, 0.4) is 0 Å². The zero-order valence-electron chi connectivity index (χ0n) is 18.5. The van der Waals surface area contributed by atoms with Crippen molar-refractivity contribution >= 4 is 22.6 Å². The molecule has 4 aromatic rings. The highest BCUT2D eigenvalue weighted by atomic mass is 35.5. The first kappa shape index (κ1) is 22.2. The maximum atomic E-state index is 6.56. The Hall–Kier alpha value is -3.02. The second-order valence-corrected chi connectivity index (χ2v) is 8.14. The molecule has 166 valence electrons. The van der Waals surface area contributed by atoms with Gasteiger partial charge in [0, 0.05) is 30.6 Å². The minimum absolute atomic E-state index is 0.465. The van der Waals surface area contributed by atoms with Gasteiger partial charge in [0.05, 0.1) is 17.6 Å². The molecule has 1 heterocycles. The van der Waals surface area contributed by atoms with Crippen molar-refractivity contribution in [2.45, 2.75) is 33.4 Å². The SMILES string of the molecule is CCOc1cc(CNCCc2nc3ccccc3[nH]2)c(Cl)cc1OCc1cccc(C)c1. The number of fused-ring (bicyclic) bond motifs is 1. The zero-order valence-corrected chi connectivity index (χ0v) is 19.2. The first-order valence-electron chi connectivity index (χ1n) is 10.9. The highest BCUT2D eigenvalue weighted by Gasteiger charge is 2.12. The number of aromatic amines is 1. The van der Waals surface area contributed by atoms with Crippen LogP contribution in [0.1, 0.15) is 29.4 Å². The average molecular weight is 450 g/mol. The number of aromatic nitrogens is 2. The van der Waals surface area contributed by atoms with Crippen LogP contribution in [0.25, 0.3) is 11.0 Å². The van der Waals surface area contributed by atoms with Crippen LogP contribution >= 0.6 is 11.6 Å². The fourth-order valence-corrected chi connectivity index (χ4v) is 3.83. The summed E-state index contributed by atoms with van der Waals surface area (Å²) in [4.78, 5) is 7.97. The summed E-state index contributed by atoms with van der Waals surface area (Å²) >= 11 is 6.56. The average Bonchev–Trinajstić information content (AvgIpc) is 3.20. The normalized spacial score (nSPS) is 11.1. The maximum absolute atomic E-state index is 6.56. The van der Waals surface area contributed by atoms with Crippen LogP contribution in [0.4, 0.5) is 0 Å². The summed E-state index contributed by atoms with van der Waals surface area (Å²) in [5.74, 6) is 2.34. The van der Waals surface area contributed by atoms with Crippen LogP contribution in [-0.4, -0.2) is 23.1 Å². The minimum Gasteiger partial charge on any atom is -0.490 e. The quantitative estimate of drug-likeness (QED) is 0.299. The van der Waals surface area contributed by atoms with Gasteiger partial charge in [-0.1, -0.05) is 53.6 Å². The molecular weight excluding hydrogens is 422 g/mol. The Morgan fingerprint density at radius 1 is 1.00 bits per heavy atom. The van der Waals surface area contributed by atoms with E-state index in [1.54, 1.807) is 0 Å². The number of hydrogen-bond acceptors (Lipinski definition) is 4. The smallest absolute Gasteiger partial charge is 0.163 e. The van der Waals surface area contributed by atoms with Gasteiger partial charge < -0.3 is 19.8 Å². The largest absolute Gasteiger partial charge is 0.490 e. The molecule has 4 rings (SSSR count). The third-order valence-corrected chi connectivity index (χ3v) is 5.53. The molecule has 0 radical (unpaired) electrons. The van der Waals surface area contributed by atoms with Crippen LogP contribution < -0.4 is 14.8 Å². The van der Waals surface area contributed by atoms with E-state index in [-0.39, 0.29) is 0 Å². The highest BCUT2D eigenvalue weighted by molar-refractivity contribution is 6.31. The summed E-state index contributed by atoms with van der Waals surface area (Å²) in [5.41, 5.74) is 5.35. The van der Waals surface area contributed by atoms with Gasteiger partial charge in [-0.15, -0.1) is 0 Å². The number of para-hydroxylation sites is 2. The fourth-order valence-electron chi connectivity index (χ4n) is 3.61. The van der Waals surface area contributed by atoms with Gasteiger partial charge in [0.2, 0.25) is 0 Å². The Bertz CT molecular complexity index is 1160. The van der Waals surface area contributed by atoms with Gasteiger partial charge in [0.15, 0.2) is 11.5 Å². The number of imidazole rings is 1. The Morgan fingerprint density at radius 3 is 2.66 bits per heavy atom. The van der Waals surface area contributed by atoms with Crippen molar-refractivity contribution in [3.8, 4) is 11.5 Å². The first-order chi connectivity index (χ1) is 15.6. The van der Waals surface area contributed by atoms with E-state index in [4.69, 9.17) is 21.1 Å². The topological polar surface area (TPSA) is 59.2 Å². The second kappa shape index (κ2) is 10.5. The fraction of sp³-hybridized carbons (Fsp3) is 0.269. The predicted octanol–water partition coefficient (Wildman–Crippen LogP) is 5.83. The maximum Gasteiger partial charge on any atom is 0.163 e. The third kappa shape index (κ3) is 5.61. The molecule has 0 saturated heterocycles. The molecular formula is C26H28ClN3O2. The predicted molar refractivity (Wildman–Crippen MR) is 130 cm³/mol. The molecule has 1 aromatic heterocycles. The lowest BCUT2D eigenvalue weighted by atomic mass is 10.1. The van der Waals surface area contributed by atoms with Crippen molar-refractivity contribution < 1.29 is 9.47 Å². The van der Waals surface area contributed by atoms with Gasteiger partial charge in [-0.05, 0) is 43.2 Å². The van der Waals surface area contributed by atoms with Crippen molar-refractivity contribution in [1.82, 2.24) is 15.3 Å². The van der Waals surface area contributed by atoms with Crippen LogP contribution in [0.5, 0.6) is 11.5 Å². The van der Waals surface area contributed by atoms with Gasteiger partial charge >= 0.3 is 0 Å². The molecule has 0 aliphatic rings. The number of halogens is 1. The monoisotopic (exact) mass is 449 g/mol. The van der Waals surface area contributed by atoms with Gasteiger partial charge in [-0.2, -0.15) is 0 Å². The molecule has 2 N–H and O–H groups in total. The van der Waals surface area contributed by atoms with E-state index in [9.17, 15) is 0 Å². The number of benzene rings is 3. The van der Waals surface area contributed by atoms with Gasteiger partial charge in [0.1, 0.15) is 12.4 Å². The molecule has 0 atom stereocenters. The summed E-state index contributed by atoms with van der Waals surface area (Å²) in [6.45, 7) is 6.48. The van der Waals surface area contributed by atoms with Gasteiger partial charge in [-0.25, -0.2) is 4.98 Å². The molecule has 0 aliphatic heterocycles. The third-order valence-electron chi connectivity index (χ3n) is 5.18. The standard InChI is InChI=1S/C26H28ClN3O2/c1-3-31-24-14-20(16-28-12-11-26-29-22-9-4-5-10-23(22)30-26)21(27)15-25(24)32-17-19-8-6-7-18(2)13-19/h4-10,13-15,28H,3,11-12,16-17H2,1-2H3,(H,29,30). The lowest BCUT2D eigenvalue weighted by molar-refractivity contribution is 0.269. The summed E-state index contributed by atoms with van der Waals surface area (Å²) in [7, 11) is 0. The molecule has 5 nitrogen and oxygen atoms in total. The minimum atomic E-state index is 0.465. The van der Waals surface area contributed by atoms with Crippen LogP contribution in [0, 0.1) is 6.92 Å². The number of H-pyrrole nitrogens is 1. The molecule has 0 aliphatic carbocycles. The second-order valence-electron chi connectivity index (χ2n) is 7.73. The Kier molecular flexibility index (Phi) is 7.30. The number of nitrogens with zero attached hydrogens (tertiary/aromatic N) is 1. The van der Waals surface area contributed by atoms with Gasteiger partial charge in [-0.3, -0.25) is 0 Å². The van der Waals surface area contributed by atoms with E-state index in [1.165, 1.54) is 5.56 Å². The van der Waals surface area contributed by atoms with Gasteiger partial charge in [0.25, 0.3) is 0 Å². The molecule has 0 amide bonds. The number of aryl methyl sites for hydroxylation is 1. The van der Waals surface area contributed by atoms with E-state index >= 15 is 0 Å². The van der Waals surface area contributed by atoms with Crippen LogP contribution in [0.2, 0.25) is 5.02 Å². The Morgan fingerprint density at radius 2 is 1.84 bits per heavy atom. The van der Waals surface area contributed by atoms with E-state index in [0.29, 0.717) is 36.3 Å². The molecule has 0 bridgehead atoms. The van der Waals surface area contributed by atoms with E-state index in [0.717, 1.165) is 41.0 Å². The molecule has 0 fully saturated rings. The number of rotatable bonds is 10. The summed E-state index contributed by atoms with van der Waals surface area (Å²) < 4.78 is 11.9.